The Morgan fingerprint density at radius 2 is 1.86 bits per heavy atom. The van der Waals surface area contributed by atoms with Crippen LogP contribution in [0.2, 0.25) is 10.0 Å². The summed E-state index contributed by atoms with van der Waals surface area (Å²) < 4.78 is 10.9. The van der Waals surface area contributed by atoms with E-state index >= 15 is 0 Å². The van der Waals surface area contributed by atoms with Gasteiger partial charge in [0.25, 0.3) is 0 Å². The number of rotatable bonds is 5. The number of para-hydroxylation sites is 1. The first-order chi connectivity index (χ1) is 13.5. The van der Waals surface area contributed by atoms with Crippen LogP contribution in [0.3, 0.4) is 0 Å². The lowest BCUT2D eigenvalue weighted by atomic mass is 10.1. The van der Waals surface area contributed by atoms with E-state index in [0.717, 1.165) is 47.4 Å². The zero-order valence-electron chi connectivity index (χ0n) is 15.5. The summed E-state index contributed by atoms with van der Waals surface area (Å²) in [5, 5.41) is 1.18. The van der Waals surface area contributed by atoms with Crippen molar-refractivity contribution in [2.45, 2.75) is 0 Å². The fraction of sp³-hybridized carbons (Fsp3) is 0.286. The first-order valence-electron chi connectivity index (χ1n) is 8.77. The van der Waals surface area contributed by atoms with E-state index in [1.165, 1.54) is 0 Å². The summed E-state index contributed by atoms with van der Waals surface area (Å²) in [6, 6.07) is 11.5. The van der Waals surface area contributed by atoms with Crippen LogP contribution in [-0.2, 0) is 0 Å². The van der Waals surface area contributed by atoms with E-state index in [4.69, 9.17) is 51.3 Å². The van der Waals surface area contributed by atoms with Crippen LogP contribution in [0, 0.1) is 12.3 Å². The Morgan fingerprint density at radius 1 is 1.14 bits per heavy atom. The lowest BCUT2D eigenvalue weighted by molar-refractivity contribution is 0.331. The molecule has 1 heterocycles. The topological polar surface area (TPSA) is 24.9 Å². The van der Waals surface area contributed by atoms with E-state index < -0.39 is 0 Å². The average molecular weight is 435 g/mol. The molecule has 0 unspecified atom stereocenters. The smallest absolute Gasteiger partial charge is 0.181 e. The predicted octanol–water partition coefficient (Wildman–Crippen LogP) is 4.51. The largest absolute Gasteiger partial charge is 0.493 e. The molecule has 0 saturated carbocycles. The van der Waals surface area contributed by atoms with Gasteiger partial charge < -0.3 is 19.3 Å². The van der Waals surface area contributed by atoms with Crippen LogP contribution in [0.5, 0.6) is 11.5 Å². The Hall–Kier alpha value is -2.13. The molecule has 0 aliphatic carbocycles. The molecule has 146 valence electrons. The molecule has 28 heavy (non-hydrogen) atoms. The average Bonchev–Trinajstić information content (AvgIpc) is 2.72. The summed E-state index contributed by atoms with van der Waals surface area (Å²) in [6.07, 6.45) is 5.26. The highest BCUT2D eigenvalue weighted by Gasteiger charge is 2.23. The van der Waals surface area contributed by atoms with Crippen molar-refractivity contribution in [1.82, 2.24) is 4.90 Å². The molecule has 0 radical (unpaired) electrons. The number of benzene rings is 2. The monoisotopic (exact) mass is 434 g/mol. The van der Waals surface area contributed by atoms with Gasteiger partial charge in [-0.2, -0.15) is 0 Å². The van der Waals surface area contributed by atoms with Crippen LogP contribution in [0.25, 0.3) is 0 Å². The van der Waals surface area contributed by atoms with Crippen LogP contribution in [0.15, 0.2) is 36.4 Å². The van der Waals surface area contributed by atoms with Crippen LogP contribution >= 0.6 is 35.4 Å². The van der Waals surface area contributed by atoms with Crippen LogP contribution in [0.1, 0.15) is 5.56 Å². The zero-order valence-corrected chi connectivity index (χ0v) is 17.8. The zero-order chi connectivity index (χ0) is 20.1. The van der Waals surface area contributed by atoms with Crippen molar-refractivity contribution in [2.24, 2.45) is 0 Å². The molecule has 3 rings (SSSR count). The minimum absolute atomic E-state index is 0.115. The van der Waals surface area contributed by atoms with Crippen molar-refractivity contribution >= 4 is 46.1 Å². The Kier molecular flexibility index (Phi) is 6.90. The summed E-state index contributed by atoms with van der Waals surface area (Å²) >= 11 is 18.4. The second kappa shape index (κ2) is 9.38. The molecule has 1 aliphatic rings. The number of piperazine rings is 1. The summed E-state index contributed by atoms with van der Waals surface area (Å²) in [5.74, 6) is 3.36. The van der Waals surface area contributed by atoms with E-state index in [9.17, 15) is 0 Å². The Morgan fingerprint density at radius 3 is 2.50 bits per heavy atom. The van der Waals surface area contributed by atoms with Crippen molar-refractivity contribution < 1.29 is 9.47 Å². The van der Waals surface area contributed by atoms with Crippen molar-refractivity contribution in [1.29, 1.82) is 0 Å². The third-order valence-corrected chi connectivity index (χ3v) is 5.63. The van der Waals surface area contributed by atoms with Gasteiger partial charge >= 0.3 is 0 Å². The molecule has 0 atom stereocenters. The van der Waals surface area contributed by atoms with Gasteiger partial charge in [0.05, 0.1) is 22.8 Å². The second-order valence-electron chi connectivity index (χ2n) is 6.21. The molecule has 1 aliphatic heterocycles. The number of thiocarbonyl (C=S) groups is 1. The summed E-state index contributed by atoms with van der Waals surface area (Å²) in [4.78, 5) is 5.16. The summed E-state index contributed by atoms with van der Waals surface area (Å²) in [7, 11) is 1.56. The van der Waals surface area contributed by atoms with E-state index in [-0.39, 0.29) is 6.61 Å². The first-order valence-corrected chi connectivity index (χ1v) is 9.94. The van der Waals surface area contributed by atoms with E-state index in [2.05, 4.69) is 15.7 Å². The molecule has 0 bridgehead atoms. The summed E-state index contributed by atoms with van der Waals surface area (Å²) in [6.45, 7) is 3.36. The van der Waals surface area contributed by atoms with Crippen molar-refractivity contribution in [3.8, 4) is 23.8 Å². The number of nitrogens with zero attached hydrogens (tertiary/aromatic N) is 2. The van der Waals surface area contributed by atoms with Gasteiger partial charge in [0, 0.05) is 31.7 Å². The van der Waals surface area contributed by atoms with Gasteiger partial charge in [0.15, 0.2) is 11.5 Å². The maximum atomic E-state index is 6.38. The SMILES string of the molecule is C#CCOc1c(Cl)cc(C(=S)N2CCN(c3ccccc3Cl)CC2)cc1OC. The normalized spacial score (nSPS) is 13.8. The molecule has 1 fully saturated rings. The predicted molar refractivity (Wildman–Crippen MR) is 119 cm³/mol. The second-order valence-corrected chi connectivity index (χ2v) is 7.41. The van der Waals surface area contributed by atoms with Crippen LogP contribution in [0.4, 0.5) is 5.69 Å². The van der Waals surface area contributed by atoms with E-state index in [0.29, 0.717) is 16.5 Å². The molecule has 0 aromatic heterocycles. The van der Waals surface area contributed by atoms with E-state index in [1.54, 1.807) is 13.2 Å². The fourth-order valence-corrected chi connectivity index (χ4v) is 3.96. The number of methoxy groups -OCH3 is 1. The van der Waals surface area contributed by atoms with E-state index in [1.807, 2.05) is 30.3 Å². The molecular formula is C21H20Cl2N2O2S. The summed E-state index contributed by atoms with van der Waals surface area (Å²) in [5.41, 5.74) is 1.87. The maximum absolute atomic E-state index is 6.38. The van der Waals surface area contributed by atoms with Gasteiger partial charge in [0.2, 0.25) is 0 Å². The van der Waals surface area contributed by atoms with Crippen molar-refractivity contribution in [2.75, 3.05) is 44.8 Å². The van der Waals surface area contributed by atoms with Gasteiger partial charge in [-0.3, -0.25) is 0 Å². The molecule has 7 heteroatoms. The van der Waals surface area contributed by atoms with Crippen molar-refractivity contribution in [3.05, 3.63) is 52.0 Å². The fourth-order valence-electron chi connectivity index (χ4n) is 3.14. The molecule has 2 aromatic carbocycles. The minimum Gasteiger partial charge on any atom is -0.493 e. The Labute approximate surface area is 180 Å². The quantitative estimate of drug-likeness (QED) is 0.509. The molecular weight excluding hydrogens is 415 g/mol. The maximum Gasteiger partial charge on any atom is 0.181 e. The van der Waals surface area contributed by atoms with Gasteiger partial charge in [-0.05, 0) is 24.3 Å². The highest BCUT2D eigenvalue weighted by atomic mass is 35.5. The van der Waals surface area contributed by atoms with Gasteiger partial charge in [-0.1, -0.05) is 53.5 Å². The minimum atomic E-state index is 0.115. The molecule has 2 aromatic rings. The van der Waals surface area contributed by atoms with Gasteiger partial charge in [-0.15, -0.1) is 6.42 Å². The third-order valence-electron chi connectivity index (χ3n) is 4.54. The van der Waals surface area contributed by atoms with Crippen LogP contribution < -0.4 is 14.4 Å². The number of terminal acetylenes is 1. The molecule has 1 saturated heterocycles. The molecule has 4 nitrogen and oxygen atoms in total. The number of hydrogen-bond donors (Lipinski definition) is 0. The Bertz CT molecular complexity index is 906. The molecule has 0 amide bonds. The number of ether oxygens (including phenoxy) is 2. The van der Waals surface area contributed by atoms with Gasteiger partial charge in [0.1, 0.15) is 11.6 Å². The number of anilines is 1. The third kappa shape index (κ3) is 4.47. The Balaban J connectivity index is 1.72. The molecule has 0 spiro atoms. The first kappa shape index (κ1) is 20.6. The highest BCUT2D eigenvalue weighted by Crippen LogP contribution is 2.37. The lowest BCUT2D eigenvalue weighted by Gasteiger charge is -2.38. The van der Waals surface area contributed by atoms with Gasteiger partial charge in [-0.25, -0.2) is 0 Å². The molecule has 0 N–H and O–H groups in total. The van der Waals surface area contributed by atoms with Crippen LogP contribution in [-0.4, -0.2) is 49.8 Å². The lowest BCUT2D eigenvalue weighted by Crippen LogP contribution is -2.48. The number of hydrogen-bond acceptors (Lipinski definition) is 4. The van der Waals surface area contributed by atoms with Crippen molar-refractivity contribution in [3.63, 3.8) is 0 Å². The number of halogens is 2. The highest BCUT2D eigenvalue weighted by molar-refractivity contribution is 7.80. The standard InChI is InChI=1S/C21H20Cl2N2O2S/c1-3-12-27-20-17(23)13-15(14-19(20)26-2)21(28)25-10-8-24(9-11-25)18-7-5-4-6-16(18)22/h1,4-7,13-14H,8-12H2,2H3.